The van der Waals surface area contributed by atoms with Gasteiger partial charge in [-0.2, -0.15) is 0 Å². The third-order valence-electron chi connectivity index (χ3n) is 4.99. The number of primary amides is 1. The Labute approximate surface area is 201 Å². The molecule has 0 aliphatic carbocycles. The van der Waals surface area contributed by atoms with E-state index in [0.29, 0.717) is 25.1 Å². The summed E-state index contributed by atoms with van der Waals surface area (Å²) in [6.07, 6.45) is 1.93. The number of hydrogen-bond donors (Lipinski definition) is 9. The third-order valence-corrected chi connectivity index (χ3v) is 4.99. The molecular formula is C20H34N8O7. The third kappa shape index (κ3) is 10.5. The summed E-state index contributed by atoms with van der Waals surface area (Å²) in [5, 5.41) is 26.5. The summed E-state index contributed by atoms with van der Waals surface area (Å²) in [6, 6.07) is -5.38. The van der Waals surface area contributed by atoms with Crippen LogP contribution in [0.25, 0.3) is 0 Å². The van der Waals surface area contributed by atoms with E-state index in [2.05, 4.69) is 25.9 Å². The largest absolute Gasteiger partial charge is 0.480 e. The Morgan fingerprint density at radius 3 is 2.23 bits per heavy atom. The number of aromatic nitrogens is 2. The molecular weight excluding hydrogens is 464 g/mol. The molecule has 0 fully saturated rings. The number of carboxylic acids is 1. The van der Waals surface area contributed by atoms with Gasteiger partial charge >= 0.3 is 5.97 Å². The highest BCUT2D eigenvalue weighted by Crippen LogP contribution is 2.05. The van der Waals surface area contributed by atoms with Gasteiger partial charge in [0.15, 0.2) is 0 Å². The lowest BCUT2D eigenvalue weighted by molar-refractivity contribution is -0.143. The van der Waals surface area contributed by atoms with Crippen molar-refractivity contribution in [3.8, 4) is 0 Å². The van der Waals surface area contributed by atoms with E-state index in [1.807, 2.05) is 0 Å². The van der Waals surface area contributed by atoms with E-state index >= 15 is 0 Å². The number of nitrogens with one attached hydrogen (secondary N) is 4. The van der Waals surface area contributed by atoms with Crippen LogP contribution in [0.15, 0.2) is 12.5 Å². The summed E-state index contributed by atoms with van der Waals surface area (Å²) in [7, 11) is 0. The van der Waals surface area contributed by atoms with Gasteiger partial charge in [-0.15, -0.1) is 0 Å². The monoisotopic (exact) mass is 498 g/mol. The van der Waals surface area contributed by atoms with Crippen LogP contribution in [0, 0.1) is 0 Å². The minimum atomic E-state index is -1.53. The van der Waals surface area contributed by atoms with Crippen molar-refractivity contribution in [2.24, 2.45) is 17.2 Å². The first-order valence-electron chi connectivity index (χ1n) is 11.0. The molecule has 35 heavy (non-hydrogen) atoms. The first-order valence-corrected chi connectivity index (χ1v) is 11.0. The first kappa shape index (κ1) is 29.5. The van der Waals surface area contributed by atoms with Gasteiger partial charge in [-0.05, 0) is 32.7 Å². The van der Waals surface area contributed by atoms with Gasteiger partial charge in [-0.25, -0.2) is 9.78 Å². The molecule has 12 N–H and O–H groups in total. The second-order valence-corrected chi connectivity index (χ2v) is 8.03. The number of unbranched alkanes of at least 4 members (excludes halogenated alkanes) is 1. The molecule has 5 atom stereocenters. The Balaban J connectivity index is 2.98. The Morgan fingerprint density at radius 2 is 1.71 bits per heavy atom. The fourth-order valence-electron chi connectivity index (χ4n) is 3.08. The highest BCUT2D eigenvalue weighted by molar-refractivity contribution is 5.95. The van der Waals surface area contributed by atoms with Crippen LogP contribution in [0.5, 0.6) is 0 Å². The molecule has 1 heterocycles. The standard InChI is InChI=1S/C20H34N8O7/c1-10(29)16(19(33)26-13(20(34)35)4-2-3-5-21)28-18(32)14(6-11-8-24-9-25-11)27-17(31)12(22)7-15(23)30/h8-10,12-14,16,29H,2-7,21-22H2,1H3,(H2,23,30)(H,24,25)(H,26,33)(H,27,31)(H,28,32)(H,34,35)/t10-,12+,13+,14+,16+/m1/s1. The van der Waals surface area contributed by atoms with E-state index in [1.165, 1.54) is 19.4 Å². The summed E-state index contributed by atoms with van der Waals surface area (Å²) >= 11 is 0. The van der Waals surface area contributed by atoms with Crippen LogP contribution >= 0.6 is 0 Å². The lowest BCUT2D eigenvalue weighted by Crippen LogP contribution is -2.60. The lowest BCUT2D eigenvalue weighted by Gasteiger charge is -2.26. The fraction of sp³-hybridized carbons (Fsp3) is 0.600. The van der Waals surface area contributed by atoms with Gasteiger partial charge < -0.3 is 48.3 Å². The number of carboxylic acid groups (broad SMARTS) is 1. The summed E-state index contributed by atoms with van der Waals surface area (Å²) in [5.41, 5.74) is 16.6. The number of hydrogen-bond acceptors (Lipinski definition) is 9. The van der Waals surface area contributed by atoms with Gasteiger partial charge in [0, 0.05) is 18.3 Å². The van der Waals surface area contributed by atoms with Crippen molar-refractivity contribution in [3.05, 3.63) is 18.2 Å². The SMILES string of the molecule is C[C@@H](O)[C@H](NC(=O)[C@H](Cc1cnc[nH]1)NC(=O)[C@@H](N)CC(N)=O)C(=O)N[C@@H](CCCCN)C(=O)O. The van der Waals surface area contributed by atoms with E-state index in [0.717, 1.165) is 0 Å². The number of aromatic amines is 1. The predicted molar refractivity (Wildman–Crippen MR) is 122 cm³/mol. The molecule has 0 spiro atoms. The van der Waals surface area contributed by atoms with Gasteiger partial charge in [0.05, 0.1) is 24.9 Å². The van der Waals surface area contributed by atoms with Gasteiger partial charge in [0.2, 0.25) is 23.6 Å². The number of rotatable bonds is 16. The zero-order valence-electron chi connectivity index (χ0n) is 19.4. The highest BCUT2D eigenvalue weighted by Gasteiger charge is 2.33. The predicted octanol–water partition coefficient (Wildman–Crippen LogP) is -3.80. The summed E-state index contributed by atoms with van der Waals surface area (Å²) < 4.78 is 0. The van der Waals surface area contributed by atoms with Gasteiger partial charge in [-0.3, -0.25) is 19.2 Å². The van der Waals surface area contributed by atoms with Crippen molar-refractivity contribution in [3.63, 3.8) is 0 Å². The Bertz CT molecular complexity index is 862. The normalized spacial score (nSPS) is 15.2. The number of aliphatic carboxylic acids is 1. The minimum Gasteiger partial charge on any atom is -0.480 e. The summed E-state index contributed by atoms with van der Waals surface area (Å²) in [6.45, 7) is 1.60. The molecule has 4 amide bonds. The quantitative estimate of drug-likeness (QED) is 0.100. The van der Waals surface area contributed by atoms with E-state index in [1.54, 1.807) is 0 Å². The molecule has 0 bridgehead atoms. The van der Waals surface area contributed by atoms with E-state index in [-0.39, 0.29) is 12.8 Å². The second-order valence-electron chi connectivity index (χ2n) is 8.03. The number of amides is 4. The maximum Gasteiger partial charge on any atom is 0.326 e. The zero-order valence-corrected chi connectivity index (χ0v) is 19.4. The van der Waals surface area contributed by atoms with Gasteiger partial charge in [-0.1, -0.05) is 0 Å². The minimum absolute atomic E-state index is 0.0914. The maximum atomic E-state index is 13.0. The van der Waals surface area contributed by atoms with Gasteiger partial charge in [0.25, 0.3) is 0 Å². The topological polar surface area (TPSA) is 269 Å². The number of carbonyl (C=O) groups is 5. The number of aliphatic hydroxyl groups is 1. The number of nitrogens with two attached hydrogens (primary N) is 3. The molecule has 196 valence electrons. The molecule has 1 rings (SSSR count). The molecule has 1 aromatic rings. The molecule has 15 heteroatoms. The molecule has 0 aromatic carbocycles. The van der Waals surface area contributed by atoms with Crippen LogP contribution in [0.4, 0.5) is 0 Å². The Morgan fingerprint density at radius 1 is 1.06 bits per heavy atom. The van der Waals surface area contributed by atoms with Crippen molar-refractivity contribution in [1.82, 2.24) is 25.9 Å². The number of carbonyl (C=O) groups excluding carboxylic acids is 4. The number of nitrogens with zero attached hydrogens (tertiary/aromatic N) is 1. The Kier molecular flexibility index (Phi) is 12.3. The van der Waals surface area contributed by atoms with Crippen LogP contribution in [0.2, 0.25) is 0 Å². The number of H-pyrrole nitrogens is 1. The van der Waals surface area contributed by atoms with E-state index < -0.39 is 66.3 Å². The molecule has 0 unspecified atom stereocenters. The smallest absolute Gasteiger partial charge is 0.326 e. The van der Waals surface area contributed by atoms with E-state index in [4.69, 9.17) is 17.2 Å². The summed E-state index contributed by atoms with van der Waals surface area (Å²) in [4.78, 5) is 67.2. The maximum absolute atomic E-state index is 13.0. The van der Waals surface area contributed by atoms with Crippen molar-refractivity contribution < 1.29 is 34.2 Å². The Hall–Kier alpha value is -3.56. The fourth-order valence-corrected chi connectivity index (χ4v) is 3.08. The molecule has 0 saturated heterocycles. The van der Waals surface area contributed by atoms with Crippen molar-refractivity contribution in [2.75, 3.05) is 6.54 Å². The van der Waals surface area contributed by atoms with Crippen molar-refractivity contribution in [1.29, 1.82) is 0 Å². The molecule has 0 radical (unpaired) electrons. The molecule has 0 aliphatic rings. The molecule has 1 aromatic heterocycles. The summed E-state index contributed by atoms with van der Waals surface area (Å²) in [5.74, 6) is -4.72. The average molecular weight is 499 g/mol. The van der Waals surface area contributed by atoms with Crippen LogP contribution in [-0.2, 0) is 30.4 Å². The van der Waals surface area contributed by atoms with Crippen LogP contribution in [-0.4, -0.2) is 86.6 Å². The van der Waals surface area contributed by atoms with E-state index in [9.17, 15) is 34.2 Å². The zero-order chi connectivity index (χ0) is 26.5. The first-order chi connectivity index (χ1) is 16.5. The van der Waals surface area contributed by atoms with Crippen LogP contribution in [0.1, 0.15) is 38.3 Å². The molecule has 0 saturated carbocycles. The van der Waals surface area contributed by atoms with Crippen molar-refractivity contribution >= 4 is 29.6 Å². The molecule has 15 nitrogen and oxygen atoms in total. The highest BCUT2D eigenvalue weighted by atomic mass is 16.4. The average Bonchev–Trinajstić information content (AvgIpc) is 3.28. The number of aliphatic hydroxyl groups excluding tert-OH is 1. The second kappa shape index (κ2) is 14.6. The van der Waals surface area contributed by atoms with Crippen LogP contribution in [0.3, 0.4) is 0 Å². The lowest BCUT2D eigenvalue weighted by atomic mass is 10.1. The molecule has 0 aliphatic heterocycles. The van der Waals surface area contributed by atoms with Crippen molar-refractivity contribution in [2.45, 2.75) is 69.3 Å². The van der Waals surface area contributed by atoms with Crippen LogP contribution < -0.4 is 33.2 Å². The number of imidazole rings is 1. The van der Waals surface area contributed by atoms with Gasteiger partial charge in [0.1, 0.15) is 18.1 Å².